The van der Waals surface area contributed by atoms with Crippen molar-refractivity contribution in [1.82, 2.24) is 15.2 Å². The molecule has 7 heteroatoms. The van der Waals surface area contributed by atoms with E-state index in [2.05, 4.69) is 10.5 Å². The zero-order valence-electron chi connectivity index (χ0n) is 10.1. The van der Waals surface area contributed by atoms with Crippen LogP contribution < -0.4 is 11.3 Å². The van der Waals surface area contributed by atoms with E-state index in [0.717, 1.165) is 11.3 Å². The van der Waals surface area contributed by atoms with E-state index in [9.17, 15) is 0 Å². The van der Waals surface area contributed by atoms with Gasteiger partial charge in [0.05, 0.1) is 11.7 Å². The highest BCUT2D eigenvalue weighted by molar-refractivity contribution is 6.30. The number of hydrazine groups is 1. The van der Waals surface area contributed by atoms with Gasteiger partial charge in [0.2, 0.25) is 0 Å². The van der Waals surface area contributed by atoms with Gasteiger partial charge in [-0.3, -0.25) is 10.5 Å². The van der Waals surface area contributed by atoms with E-state index >= 15 is 0 Å². The Balaban J connectivity index is 2.25. The molecule has 0 bridgehead atoms. The summed E-state index contributed by atoms with van der Waals surface area (Å²) in [6.45, 7) is 1.91. The Hall–Kier alpha value is -1.01. The molecule has 0 radical (unpaired) electrons. The van der Waals surface area contributed by atoms with Gasteiger partial charge < -0.3 is 4.42 Å². The molecule has 0 aliphatic rings. The lowest BCUT2D eigenvalue weighted by Crippen LogP contribution is -2.29. The van der Waals surface area contributed by atoms with Gasteiger partial charge in [-0.25, -0.2) is 5.43 Å². The first-order valence-electron chi connectivity index (χ1n) is 5.42. The molecule has 0 aliphatic heterocycles. The van der Waals surface area contributed by atoms with Crippen molar-refractivity contribution in [2.24, 2.45) is 12.9 Å². The fraction of sp³-hybridized carbons (Fsp3) is 0.364. The summed E-state index contributed by atoms with van der Waals surface area (Å²) >= 11 is 11.9. The molecule has 1 atom stereocenters. The third kappa shape index (κ3) is 2.54. The molecule has 5 nitrogen and oxygen atoms in total. The molecule has 98 valence electrons. The van der Waals surface area contributed by atoms with Crippen LogP contribution >= 0.6 is 23.2 Å². The summed E-state index contributed by atoms with van der Waals surface area (Å²) < 4.78 is 6.98. The number of aromatic nitrogens is 2. The van der Waals surface area contributed by atoms with Crippen LogP contribution in [0.2, 0.25) is 10.4 Å². The first-order valence-corrected chi connectivity index (χ1v) is 6.18. The summed E-state index contributed by atoms with van der Waals surface area (Å²) in [6, 6.07) is 3.27. The van der Waals surface area contributed by atoms with E-state index in [-0.39, 0.29) is 6.04 Å². The molecule has 3 N–H and O–H groups in total. The highest BCUT2D eigenvalue weighted by Crippen LogP contribution is 2.27. The van der Waals surface area contributed by atoms with E-state index in [1.165, 1.54) is 0 Å². The van der Waals surface area contributed by atoms with Crippen LogP contribution in [0.4, 0.5) is 0 Å². The fourth-order valence-electron chi connectivity index (χ4n) is 1.87. The fourth-order valence-corrected chi connectivity index (χ4v) is 2.27. The molecule has 0 aromatic carbocycles. The smallest absolute Gasteiger partial charge is 0.193 e. The molecular weight excluding hydrogens is 275 g/mol. The van der Waals surface area contributed by atoms with E-state index in [4.69, 9.17) is 33.5 Å². The average Bonchev–Trinajstić information content (AvgIpc) is 2.84. The lowest BCUT2D eigenvalue weighted by atomic mass is 10.1. The molecule has 2 heterocycles. The molecule has 0 spiro atoms. The summed E-state index contributed by atoms with van der Waals surface area (Å²) in [4.78, 5) is 0. The van der Waals surface area contributed by atoms with Crippen LogP contribution in [0.25, 0.3) is 0 Å². The Morgan fingerprint density at radius 2 is 2.22 bits per heavy atom. The van der Waals surface area contributed by atoms with Gasteiger partial charge in [0.15, 0.2) is 5.22 Å². The van der Waals surface area contributed by atoms with Crippen LogP contribution in [0, 0.1) is 6.92 Å². The molecule has 0 amide bonds. The minimum atomic E-state index is -0.196. The molecule has 2 aromatic rings. The predicted molar refractivity (Wildman–Crippen MR) is 70.4 cm³/mol. The van der Waals surface area contributed by atoms with Crippen molar-refractivity contribution in [3.63, 3.8) is 0 Å². The second kappa shape index (κ2) is 5.32. The van der Waals surface area contributed by atoms with Crippen molar-refractivity contribution < 1.29 is 4.42 Å². The van der Waals surface area contributed by atoms with E-state index < -0.39 is 0 Å². The Kier molecular flexibility index (Phi) is 3.97. The maximum atomic E-state index is 6.18. The van der Waals surface area contributed by atoms with Gasteiger partial charge in [0.1, 0.15) is 10.9 Å². The largest absolute Gasteiger partial charge is 0.448 e. The number of hydrogen-bond acceptors (Lipinski definition) is 4. The summed E-state index contributed by atoms with van der Waals surface area (Å²) in [5.74, 6) is 6.21. The SMILES string of the molecule is Cc1nn(C)c(Cl)c1CC(NN)c1ccc(Cl)o1. The number of furan rings is 1. The lowest BCUT2D eigenvalue weighted by Gasteiger charge is -2.13. The van der Waals surface area contributed by atoms with Crippen LogP contribution in [0.5, 0.6) is 0 Å². The highest BCUT2D eigenvalue weighted by atomic mass is 35.5. The zero-order chi connectivity index (χ0) is 13.3. The Morgan fingerprint density at radius 3 is 2.67 bits per heavy atom. The Morgan fingerprint density at radius 1 is 1.50 bits per heavy atom. The van der Waals surface area contributed by atoms with Crippen molar-refractivity contribution in [1.29, 1.82) is 0 Å². The molecule has 1 unspecified atom stereocenters. The zero-order valence-corrected chi connectivity index (χ0v) is 11.6. The quantitative estimate of drug-likeness (QED) is 0.669. The molecule has 0 saturated heterocycles. The van der Waals surface area contributed by atoms with Crippen molar-refractivity contribution >= 4 is 23.2 Å². The summed E-state index contributed by atoms with van der Waals surface area (Å²) in [5, 5.41) is 5.19. The van der Waals surface area contributed by atoms with Crippen LogP contribution in [-0.4, -0.2) is 9.78 Å². The van der Waals surface area contributed by atoms with Gasteiger partial charge in [0.25, 0.3) is 0 Å². The van der Waals surface area contributed by atoms with Crippen molar-refractivity contribution in [2.45, 2.75) is 19.4 Å². The van der Waals surface area contributed by atoms with Gasteiger partial charge in [-0.1, -0.05) is 11.6 Å². The first kappa shape index (κ1) is 13.4. The Bertz CT molecular complexity index is 549. The van der Waals surface area contributed by atoms with Crippen molar-refractivity contribution in [3.05, 3.63) is 39.5 Å². The van der Waals surface area contributed by atoms with Crippen LogP contribution in [0.1, 0.15) is 23.1 Å². The molecule has 0 aliphatic carbocycles. The molecule has 0 fully saturated rings. The number of hydrogen-bond donors (Lipinski definition) is 2. The van der Waals surface area contributed by atoms with Gasteiger partial charge in [0, 0.05) is 19.0 Å². The topological polar surface area (TPSA) is 69.0 Å². The lowest BCUT2D eigenvalue weighted by molar-refractivity contribution is 0.416. The monoisotopic (exact) mass is 288 g/mol. The number of rotatable bonds is 4. The maximum Gasteiger partial charge on any atom is 0.193 e. The van der Waals surface area contributed by atoms with E-state index in [0.29, 0.717) is 22.6 Å². The van der Waals surface area contributed by atoms with Crippen molar-refractivity contribution in [2.75, 3.05) is 0 Å². The van der Waals surface area contributed by atoms with Gasteiger partial charge in [-0.2, -0.15) is 5.10 Å². The summed E-state index contributed by atoms with van der Waals surface area (Å²) in [7, 11) is 1.80. The molecule has 0 saturated carbocycles. The van der Waals surface area contributed by atoms with Gasteiger partial charge in [-0.15, -0.1) is 0 Å². The van der Waals surface area contributed by atoms with Crippen LogP contribution in [-0.2, 0) is 13.5 Å². The van der Waals surface area contributed by atoms with Gasteiger partial charge in [-0.05, 0) is 30.7 Å². The third-order valence-corrected chi connectivity index (χ3v) is 3.49. The van der Waals surface area contributed by atoms with E-state index in [1.807, 2.05) is 6.92 Å². The number of halogens is 2. The number of nitrogens with zero attached hydrogens (tertiary/aromatic N) is 2. The molecular formula is C11H14Cl2N4O. The summed E-state index contributed by atoms with van der Waals surface area (Å²) in [5.41, 5.74) is 4.51. The highest BCUT2D eigenvalue weighted by Gasteiger charge is 2.20. The van der Waals surface area contributed by atoms with Crippen LogP contribution in [0.15, 0.2) is 16.5 Å². The van der Waals surface area contributed by atoms with Crippen molar-refractivity contribution in [3.8, 4) is 0 Å². The number of nitrogens with one attached hydrogen (secondary N) is 1. The predicted octanol–water partition coefficient (Wildman–Crippen LogP) is 2.38. The summed E-state index contributed by atoms with van der Waals surface area (Å²) in [6.07, 6.45) is 0.582. The molecule has 2 aromatic heterocycles. The van der Waals surface area contributed by atoms with Gasteiger partial charge >= 0.3 is 0 Å². The minimum Gasteiger partial charge on any atom is -0.448 e. The second-order valence-electron chi connectivity index (χ2n) is 4.04. The normalized spacial score (nSPS) is 12.9. The first-order chi connectivity index (χ1) is 8.52. The minimum absolute atomic E-state index is 0.196. The molecule has 2 rings (SSSR count). The van der Waals surface area contributed by atoms with Crippen LogP contribution in [0.3, 0.4) is 0 Å². The number of aryl methyl sites for hydroxylation is 2. The molecule has 18 heavy (non-hydrogen) atoms. The maximum absolute atomic E-state index is 6.18. The Labute approximate surface area is 115 Å². The number of nitrogens with two attached hydrogens (primary N) is 1. The van der Waals surface area contributed by atoms with E-state index in [1.54, 1.807) is 23.9 Å². The third-order valence-electron chi connectivity index (χ3n) is 2.82. The average molecular weight is 289 g/mol. The second-order valence-corrected chi connectivity index (χ2v) is 4.77. The standard InChI is InChI=1S/C11H14Cl2N4O/c1-6-7(11(13)17(2)16-6)5-8(15-14)9-3-4-10(12)18-9/h3-4,8,15H,5,14H2,1-2H3.